The number of H-pyrrole nitrogens is 1. The topological polar surface area (TPSA) is 154 Å². The SMILES string of the molecule is O=C(NN1CCCC1=O)C1CCC2CN1C(=O)N2OS(=O)(=O)[O-].c1cc[nH+]cc1. The molecule has 3 saturated heterocycles. The molecular weight excluding hydrogens is 406 g/mol. The number of aromatic nitrogens is 1. The highest BCUT2D eigenvalue weighted by Crippen LogP contribution is 2.30. The van der Waals surface area contributed by atoms with Crippen LogP contribution in [0.5, 0.6) is 0 Å². The first-order valence-electron chi connectivity index (χ1n) is 9.03. The van der Waals surface area contributed by atoms with E-state index in [2.05, 4.69) is 14.7 Å². The summed E-state index contributed by atoms with van der Waals surface area (Å²) in [7, 11) is -5.07. The molecule has 0 radical (unpaired) electrons. The zero-order valence-corrected chi connectivity index (χ0v) is 16.2. The molecule has 3 aliphatic rings. The molecule has 2 N–H and O–H groups in total. The second kappa shape index (κ2) is 8.71. The van der Waals surface area contributed by atoms with Crippen molar-refractivity contribution in [1.29, 1.82) is 0 Å². The van der Waals surface area contributed by atoms with E-state index >= 15 is 0 Å². The Morgan fingerprint density at radius 2 is 1.93 bits per heavy atom. The number of piperidine rings is 1. The number of nitrogens with one attached hydrogen (secondary N) is 2. The predicted molar refractivity (Wildman–Crippen MR) is 93.6 cm³/mol. The number of hydrogen-bond donors (Lipinski definition) is 1. The second-order valence-electron chi connectivity index (χ2n) is 6.69. The predicted octanol–water partition coefficient (Wildman–Crippen LogP) is -1.20. The van der Waals surface area contributed by atoms with Crippen LogP contribution in [0.3, 0.4) is 0 Å². The number of hydrogen-bond acceptors (Lipinski definition) is 7. The number of hydroxylamine groups is 2. The van der Waals surface area contributed by atoms with Gasteiger partial charge in [-0.25, -0.2) is 18.2 Å². The highest BCUT2D eigenvalue weighted by atomic mass is 32.3. The van der Waals surface area contributed by atoms with Gasteiger partial charge in [0.2, 0.25) is 16.3 Å². The minimum Gasteiger partial charge on any atom is -0.724 e. The highest BCUT2D eigenvalue weighted by molar-refractivity contribution is 7.80. The maximum absolute atomic E-state index is 12.3. The Hall–Kier alpha value is -2.77. The number of hydrazine groups is 1. The number of aromatic amines is 1. The average Bonchev–Trinajstić information content (AvgIpc) is 3.19. The van der Waals surface area contributed by atoms with Crippen LogP contribution in [0.25, 0.3) is 0 Å². The lowest BCUT2D eigenvalue weighted by Crippen LogP contribution is -2.54. The summed E-state index contributed by atoms with van der Waals surface area (Å²) in [6.07, 6.45) is 5.35. The van der Waals surface area contributed by atoms with E-state index in [9.17, 15) is 27.4 Å². The summed E-state index contributed by atoms with van der Waals surface area (Å²) in [6, 6.07) is 3.58. The minimum atomic E-state index is -5.07. The standard InChI is InChI=1S/C11H16N4O7S.C5H5N/c16-9-2-1-5-14(9)12-10(17)8-4-3-7-6-13(8)11(18)15(7)22-23(19,20)21;1-2-4-6-5-3-1/h7-8H,1-6H2,(H,12,17)(H,19,20,21);1-5H. The third kappa shape index (κ3) is 5.19. The molecule has 2 bridgehead atoms. The maximum atomic E-state index is 12.3. The molecule has 29 heavy (non-hydrogen) atoms. The maximum Gasteiger partial charge on any atom is 0.346 e. The summed E-state index contributed by atoms with van der Waals surface area (Å²) in [4.78, 5) is 40.0. The third-order valence-electron chi connectivity index (χ3n) is 4.72. The van der Waals surface area contributed by atoms with E-state index in [0.29, 0.717) is 30.9 Å². The van der Waals surface area contributed by atoms with Gasteiger partial charge >= 0.3 is 6.03 Å². The molecule has 0 spiro atoms. The number of amides is 4. The van der Waals surface area contributed by atoms with Gasteiger partial charge in [0, 0.05) is 31.6 Å². The molecule has 4 rings (SSSR count). The molecule has 13 heteroatoms. The van der Waals surface area contributed by atoms with Crippen LogP contribution in [0.15, 0.2) is 30.6 Å². The van der Waals surface area contributed by atoms with Gasteiger partial charge in [0.05, 0.1) is 6.04 Å². The number of carbonyl (C=O) groups excluding carboxylic acids is 3. The summed E-state index contributed by atoms with van der Waals surface area (Å²) in [5.41, 5.74) is 2.48. The highest BCUT2D eigenvalue weighted by Gasteiger charge is 2.49. The van der Waals surface area contributed by atoms with Crippen molar-refractivity contribution in [1.82, 2.24) is 20.4 Å². The van der Waals surface area contributed by atoms with Gasteiger partial charge in [-0.1, -0.05) is 6.07 Å². The van der Waals surface area contributed by atoms with Crippen molar-refractivity contribution in [3.8, 4) is 0 Å². The van der Waals surface area contributed by atoms with E-state index in [-0.39, 0.29) is 18.9 Å². The number of nitrogens with zero attached hydrogens (tertiary/aromatic N) is 3. The molecule has 158 valence electrons. The fourth-order valence-corrected chi connectivity index (χ4v) is 3.80. The number of urea groups is 1. The Balaban J connectivity index is 0.000000343. The Labute approximate surface area is 167 Å². The van der Waals surface area contributed by atoms with Crippen molar-refractivity contribution in [2.24, 2.45) is 0 Å². The van der Waals surface area contributed by atoms with Crippen LogP contribution in [0.4, 0.5) is 4.79 Å². The largest absolute Gasteiger partial charge is 0.724 e. The molecule has 4 heterocycles. The normalized spacial score (nSPS) is 23.7. The smallest absolute Gasteiger partial charge is 0.346 e. The van der Waals surface area contributed by atoms with Crippen LogP contribution in [0.1, 0.15) is 25.7 Å². The van der Waals surface area contributed by atoms with Crippen molar-refractivity contribution in [3.05, 3.63) is 30.6 Å². The van der Waals surface area contributed by atoms with E-state index in [1.807, 2.05) is 30.6 Å². The molecule has 1 aromatic heterocycles. The van der Waals surface area contributed by atoms with Crippen LogP contribution in [0, 0.1) is 0 Å². The molecule has 2 atom stereocenters. The number of carbonyl (C=O) groups is 3. The monoisotopic (exact) mass is 427 g/mol. The molecule has 12 nitrogen and oxygen atoms in total. The lowest BCUT2D eigenvalue weighted by atomic mass is 10.0. The quantitative estimate of drug-likeness (QED) is 0.468. The van der Waals surface area contributed by atoms with E-state index in [1.165, 1.54) is 5.01 Å². The first-order chi connectivity index (χ1) is 13.8. The minimum absolute atomic E-state index is 0.0837. The van der Waals surface area contributed by atoms with Crippen LogP contribution in [-0.2, 0) is 24.3 Å². The van der Waals surface area contributed by atoms with Gasteiger partial charge in [0.15, 0.2) is 12.4 Å². The molecule has 1 aromatic rings. The lowest BCUT2D eigenvalue weighted by molar-refractivity contribution is -0.377. The fourth-order valence-electron chi connectivity index (χ4n) is 3.42. The van der Waals surface area contributed by atoms with Crippen molar-refractivity contribution < 1.29 is 36.6 Å². The Morgan fingerprint density at radius 1 is 1.21 bits per heavy atom. The molecule has 0 saturated carbocycles. The van der Waals surface area contributed by atoms with Gasteiger partial charge in [0.25, 0.3) is 5.91 Å². The Morgan fingerprint density at radius 3 is 2.45 bits per heavy atom. The first-order valence-corrected chi connectivity index (χ1v) is 10.4. The lowest BCUT2D eigenvalue weighted by Gasteiger charge is -2.30. The third-order valence-corrected chi connectivity index (χ3v) is 5.07. The Kier molecular flexibility index (Phi) is 6.30. The number of rotatable bonds is 4. The van der Waals surface area contributed by atoms with Crippen LogP contribution >= 0.6 is 0 Å². The van der Waals surface area contributed by atoms with Gasteiger partial charge < -0.3 is 9.45 Å². The van der Waals surface area contributed by atoms with Crippen molar-refractivity contribution in [2.45, 2.75) is 37.8 Å². The molecule has 0 aromatic carbocycles. The number of pyridine rings is 1. The Bertz CT molecular complexity index is 839. The van der Waals surface area contributed by atoms with Crippen LogP contribution < -0.4 is 10.4 Å². The van der Waals surface area contributed by atoms with Crippen molar-refractivity contribution in [3.63, 3.8) is 0 Å². The van der Waals surface area contributed by atoms with Gasteiger partial charge in [-0.15, -0.1) is 0 Å². The second-order valence-corrected chi connectivity index (χ2v) is 7.66. The van der Waals surface area contributed by atoms with Crippen LogP contribution in [-0.4, -0.2) is 71.0 Å². The van der Waals surface area contributed by atoms with Gasteiger partial charge in [-0.3, -0.25) is 20.0 Å². The summed E-state index contributed by atoms with van der Waals surface area (Å²) in [5.74, 6) is -0.707. The summed E-state index contributed by atoms with van der Waals surface area (Å²) in [6.45, 7) is 0.498. The zero-order valence-electron chi connectivity index (χ0n) is 15.4. The molecule has 3 fully saturated rings. The molecule has 2 unspecified atom stereocenters. The zero-order chi connectivity index (χ0) is 21.0. The average molecular weight is 427 g/mol. The van der Waals surface area contributed by atoms with Gasteiger partial charge in [0.1, 0.15) is 6.04 Å². The molecule has 0 aliphatic carbocycles. The molecule has 3 aliphatic heterocycles. The molecular formula is C16H21N5O7S. The van der Waals surface area contributed by atoms with Crippen LogP contribution in [0.2, 0.25) is 0 Å². The van der Waals surface area contributed by atoms with Crippen molar-refractivity contribution >= 4 is 28.2 Å². The van der Waals surface area contributed by atoms with E-state index < -0.39 is 34.4 Å². The van der Waals surface area contributed by atoms with Crippen molar-refractivity contribution in [2.75, 3.05) is 13.1 Å². The molecule has 4 amide bonds. The summed E-state index contributed by atoms with van der Waals surface area (Å²) in [5, 5.41) is 1.72. The number of fused-ring (bicyclic) bond motifs is 2. The summed E-state index contributed by atoms with van der Waals surface area (Å²) >= 11 is 0. The van der Waals surface area contributed by atoms with E-state index in [1.54, 1.807) is 0 Å². The van der Waals surface area contributed by atoms with Gasteiger partial charge in [-0.05, 0) is 19.3 Å². The van der Waals surface area contributed by atoms with E-state index in [0.717, 1.165) is 4.90 Å². The fraction of sp³-hybridized carbons (Fsp3) is 0.500. The summed E-state index contributed by atoms with van der Waals surface area (Å²) < 4.78 is 36.2. The first kappa shape index (κ1) is 21.0. The van der Waals surface area contributed by atoms with E-state index in [4.69, 9.17) is 0 Å². The van der Waals surface area contributed by atoms with Gasteiger partial charge in [-0.2, -0.15) is 9.35 Å².